The molecule has 3 aromatic rings. The van der Waals surface area contributed by atoms with E-state index in [9.17, 15) is 9.59 Å². The summed E-state index contributed by atoms with van der Waals surface area (Å²) in [4.78, 5) is 27.7. The molecule has 9 heteroatoms. The van der Waals surface area contributed by atoms with Crippen molar-refractivity contribution in [3.63, 3.8) is 0 Å². The Hall–Kier alpha value is -3.20. The molecule has 27 heavy (non-hydrogen) atoms. The Labute approximate surface area is 160 Å². The van der Waals surface area contributed by atoms with Crippen molar-refractivity contribution in [3.05, 3.63) is 54.4 Å². The van der Waals surface area contributed by atoms with Crippen molar-refractivity contribution >= 4 is 29.3 Å². The second-order valence-corrected chi connectivity index (χ2v) is 6.54. The second-order valence-electron chi connectivity index (χ2n) is 5.59. The van der Waals surface area contributed by atoms with Crippen molar-refractivity contribution in [2.24, 2.45) is 7.05 Å². The number of amides is 2. The highest BCUT2D eigenvalue weighted by atomic mass is 32.2. The summed E-state index contributed by atoms with van der Waals surface area (Å²) in [6, 6.07) is 10.4. The molecule has 0 bridgehead atoms. The molecule has 0 unspecified atom stereocenters. The number of hydrogen-bond acceptors (Lipinski definition) is 6. The maximum atomic E-state index is 12.2. The molecule has 0 saturated heterocycles. The minimum atomic E-state index is -0.171. The number of anilines is 1. The van der Waals surface area contributed by atoms with E-state index in [1.54, 1.807) is 43.7 Å². The number of nitrogens with zero attached hydrogens (tertiary/aromatic N) is 4. The van der Waals surface area contributed by atoms with Crippen molar-refractivity contribution in [2.75, 3.05) is 18.1 Å². The Morgan fingerprint density at radius 3 is 2.44 bits per heavy atom. The van der Waals surface area contributed by atoms with Crippen LogP contribution in [0.4, 0.5) is 5.69 Å². The van der Waals surface area contributed by atoms with Gasteiger partial charge >= 0.3 is 0 Å². The minimum Gasteiger partial charge on any atom is -0.355 e. The molecule has 0 aliphatic heterocycles. The van der Waals surface area contributed by atoms with Gasteiger partial charge in [0.15, 0.2) is 11.0 Å². The molecule has 0 radical (unpaired) electrons. The first-order valence-electron chi connectivity index (χ1n) is 8.13. The predicted molar refractivity (Wildman–Crippen MR) is 103 cm³/mol. The summed E-state index contributed by atoms with van der Waals surface area (Å²) in [5.74, 6) is 0.571. The first-order valence-corrected chi connectivity index (χ1v) is 9.11. The van der Waals surface area contributed by atoms with Crippen molar-refractivity contribution in [1.29, 1.82) is 0 Å². The van der Waals surface area contributed by atoms with E-state index in [0.29, 0.717) is 22.2 Å². The molecule has 0 saturated carbocycles. The molecular weight excluding hydrogens is 364 g/mol. The smallest absolute Gasteiger partial charge is 0.251 e. The van der Waals surface area contributed by atoms with E-state index in [4.69, 9.17) is 0 Å². The van der Waals surface area contributed by atoms with E-state index in [0.717, 1.165) is 5.56 Å². The third-order valence-electron chi connectivity index (χ3n) is 3.76. The zero-order valence-electron chi connectivity index (χ0n) is 14.8. The summed E-state index contributed by atoms with van der Waals surface area (Å²) < 4.78 is 1.84. The van der Waals surface area contributed by atoms with E-state index >= 15 is 0 Å². The number of hydrogen-bond donors (Lipinski definition) is 2. The summed E-state index contributed by atoms with van der Waals surface area (Å²) in [5, 5.41) is 14.3. The summed E-state index contributed by atoms with van der Waals surface area (Å²) in [6.45, 7) is 0. The SMILES string of the molecule is CNC(=O)c1ccc(NC(=O)CSc2nnc(-c3ccncc3)n2C)cc1. The fraction of sp³-hybridized carbons (Fsp3) is 0.167. The lowest BCUT2D eigenvalue weighted by Crippen LogP contribution is -2.18. The maximum Gasteiger partial charge on any atom is 0.251 e. The van der Waals surface area contributed by atoms with Gasteiger partial charge in [-0.25, -0.2) is 0 Å². The van der Waals surface area contributed by atoms with Gasteiger partial charge in [0.1, 0.15) is 0 Å². The zero-order valence-corrected chi connectivity index (χ0v) is 15.7. The number of rotatable bonds is 6. The lowest BCUT2D eigenvalue weighted by molar-refractivity contribution is -0.113. The Balaban J connectivity index is 1.58. The van der Waals surface area contributed by atoms with Crippen LogP contribution >= 0.6 is 11.8 Å². The van der Waals surface area contributed by atoms with E-state index < -0.39 is 0 Å². The third-order valence-corrected chi connectivity index (χ3v) is 4.78. The first-order chi connectivity index (χ1) is 13.1. The fourth-order valence-corrected chi connectivity index (χ4v) is 3.08. The topological polar surface area (TPSA) is 102 Å². The summed E-state index contributed by atoms with van der Waals surface area (Å²) in [7, 11) is 3.43. The molecule has 0 aliphatic rings. The molecule has 0 spiro atoms. The van der Waals surface area contributed by atoms with Gasteiger partial charge in [-0.05, 0) is 36.4 Å². The van der Waals surface area contributed by atoms with Gasteiger partial charge < -0.3 is 15.2 Å². The molecule has 138 valence electrons. The molecule has 1 aromatic carbocycles. The highest BCUT2D eigenvalue weighted by Gasteiger charge is 2.13. The molecule has 0 atom stereocenters. The van der Waals surface area contributed by atoms with E-state index in [1.165, 1.54) is 11.8 Å². The Kier molecular flexibility index (Phi) is 5.82. The van der Waals surface area contributed by atoms with Gasteiger partial charge in [-0.3, -0.25) is 14.6 Å². The number of benzene rings is 1. The number of thioether (sulfide) groups is 1. The highest BCUT2D eigenvalue weighted by molar-refractivity contribution is 7.99. The second kappa shape index (κ2) is 8.45. The molecule has 2 N–H and O–H groups in total. The molecule has 3 rings (SSSR count). The van der Waals surface area contributed by atoms with Crippen LogP contribution in [-0.2, 0) is 11.8 Å². The lowest BCUT2D eigenvalue weighted by Gasteiger charge is -2.06. The number of carbonyl (C=O) groups excluding carboxylic acids is 2. The van der Waals surface area contributed by atoms with Crippen LogP contribution in [0.1, 0.15) is 10.4 Å². The van der Waals surface area contributed by atoms with E-state index in [1.807, 2.05) is 23.7 Å². The van der Waals surface area contributed by atoms with Crippen LogP contribution in [0.2, 0.25) is 0 Å². The van der Waals surface area contributed by atoms with Crippen LogP contribution in [0.25, 0.3) is 11.4 Å². The first kappa shape index (κ1) is 18.6. The molecule has 2 heterocycles. The van der Waals surface area contributed by atoms with Crippen molar-refractivity contribution in [3.8, 4) is 11.4 Å². The van der Waals surface area contributed by atoms with E-state index in [2.05, 4.69) is 25.8 Å². The Bertz CT molecular complexity index is 940. The lowest BCUT2D eigenvalue weighted by atomic mass is 10.2. The van der Waals surface area contributed by atoms with Gasteiger partial charge in [0.25, 0.3) is 5.91 Å². The number of pyridine rings is 1. The zero-order chi connectivity index (χ0) is 19.2. The van der Waals surface area contributed by atoms with Crippen molar-refractivity contribution in [1.82, 2.24) is 25.1 Å². The van der Waals surface area contributed by atoms with Crippen LogP contribution in [0.15, 0.2) is 53.9 Å². The van der Waals surface area contributed by atoms with Crippen LogP contribution in [0.5, 0.6) is 0 Å². The van der Waals surface area contributed by atoms with Crippen LogP contribution in [-0.4, -0.2) is 44.4 Å². The average Bonchev–Trinajstić information content (AvgIpc) is 3.07. The summed E-state index contributed by atoms with van der Waals surface area (Å²) in [5.41, 5.74) is 2.07. The highest BCUT2D eigenvalue weighted by Crippen LogP contribution is 2.22. The van der Waals surface area contributed by atoms with Crippen LogP contribution in [0, 0.1) is 0 Å². The molecular formula is C18H18N6O2S. The predicted octanol–water partition coefficient (Wildman–Crippen LogP) is 1.97. The van der Waals surface area contributed by atoms with Crippen LogP contribution in [0.3, 0.4) is 0 Å². The van der Waals surface area contributed by atoms with E-state index in [-0.39, 0.29) is 17.6 Å². The average molecular weight is 382 g/mol. The van der Waals surface area contributed by atoms with Gasteiger partial charge in [-0.1, -0.05) is 11.8 Å². The van der Waals surface area contributed by atoms with Crippen molar-refractivity contribution in [2.45, 2.75) is 5.16 Å². The van der Waals surface area contributed by atoms with Gasteiger partial charge in [0.05, 0.1) is 5.75 Å². The Morgan fingerprint density at radius 1 is 1.07 bits per heavy atom. The van der Waals surface area contributed by atoms with Gasteiger partial charge in [0.2, 0.25) is 5.91 Å². The quantitative estimate of drug-likeness (QED) is 0.632. The monoisotopic (exact) mass is 382 g/mol. The van der Waals surface area contributed by atoms with Crippen LogP contribution < -0.4 is 10.6 Å². The third kappa shape index (κ3) is 4.50. The fourth-order valence-electron chi connectivity index (χ4n) is 2.37. The number of aromatic nitrogens is 4. The Morgan fingerprint density at radius 2 is 1.78 bits per heavy atom. The maximum absolute atomic E-state index is 12.2. The molecule has 0 aliphatic carbocycles. The molecule has 8 nitrogen and oxygen atoms in total. The molecule has 2 amide bonds. The largest absolute Gasteiger partial charge is 0.355 e. The number of carbonyl (C=O) groups is 2. The molecule has 2 aromatic heterocycles. The van der Waals surface area contributed by atoms with Gasteiger partial charge in [0, 0.05) is 43.3 Å². The van der Waals surface area contributed by atoms with Crippen molar-refractivity contribution < 1.29 is 9.59 Å². The van der Waals surface area contributed by atoms with Gasteiger partial charge in [-0.2, -0.15) is 0 Å². The van der Waals surface area contributed by atoms with Gasteiger partial charge in [-0.15, -0.1) is 10.2 Å². The standard InChI is InChI=1S/C18H18N6O2S/c1-19-17(26)13-3-5-14(6-4-13)21-15(25)11-27-18-23-22-16(24(18)2)12-7-9-20-10-8-12/h3-10H,11H2,1-2H3,(H,19,26)(H,21,25). The molecule has 0 fully saturated rings. The number of nitrogens with one attached hydrogen (secondary N) is 2. The summed E-state index contributed by atoms with van der Waals surface area (Å²) >= 11 is 1.30. The normalized spacial score (nSPS) is 10.4. The minimum absolute atomic E-state index is 0.166. The summed E-state index contributed by atoms with van der Waals surface area (Å²) in [6.07, 6.45) is 3.39.